The van der Waals surface area contributed by atoms with Gasteiger partial charge in [0.1, 0.15) is 0 Å². The molecular formula is C15H26N2S. The van der Waals surface area contributed by atoms with Gasteiger partial charge >= 0.3 is 0 Å². The third-order valence-electron chi connectivity index (χ3n) is 3.75. The van der Waals surface area contributed by atoms with E-state index in [1.807, 2.05) is 11.3 Å². The summed E-state index contributed by atoms with van der Waals surface area (Å²) in [7, 11) is 0. The smallest absolute Gasteiger partial charge is 0.0564 e. The van der Waals surface area contributed by atoms with Crippen LogP contribution in [0.5, 0.6) is 0 Å². The molecule has 0 amide bonds. The molecule has 0 bridgehead atoms. The normalized spacial score (nSPS) is 20.0. The molecule has 102 valence electrons. The first kappa shape index (κ1) is 14.0. The van der Waals surface area contributed by atoms with Crippen LogP contribution in [0.25, 0.3) is 0 Å². The van der Waals surface area contributed by atoms with Crippen LogP contribution in [0.1, 0.15) is 55.8 Å². The van der Waals surface area contributed by atoms with Crippen LogP contribution in [-0.2, 0) is 5.41 Å². The number of thiophene rings is 1. The predicted octanol–water partition coefficient (Wildman–Crippen LogP) is 3.53. The first-order valence-electron chi connectivity index (χ1n) is 7.06. The Labute approximate surface area is 115 Å². The van der Waals surface area contributed by atoms with E-state index < -0.39 is 0 Å². The molecule has 18 heavy (non-hydrogen) atoms. The molecular weight excluding hydrogens is 240 g/mol. The second-order valence-corrected chi connectivity index (χ2v) is 7.42. The van der Waals surface area contributed by atoms with Gasteiger partial charge < -0.3 is 5.73 Å². The summed E-state index contributed by atoms with van der Waals surface area (Å²) < 4.78 is 0. The second kappa shape index (κ2) is 5.72. The van der Waals surface area contributed by atoms with Crippen molar-refractivity contribution in [2.24, 2.45) is 5.73 Å². The number of likely N-dealkylation sites (tertiary alicyclic amines) is 1. The Hall–Kier alpha value is -0.380. The Balaban J connectivity index is 2.14. The van der Waals surface area contributed by atoms with Crippen LogP contribution < -0.4 is 5.73 Å². The summed E-state index contributed by atoms with van der Waals surface area (Å²) in [5.74, 6) is 0. The summed E-state index contributed by atoms with van der Waals surface area (Å²) in [6.07, 6.45) is 4.04. The van der Waals surface area contributed by atoms with Gasteiger partial charge in [0.2, 0.25) is 0 Å². The van der Waals surface area contributed by atoms with Gasteiger partial charge in [-0.1, -0.05) is 27.2 Å². The van der Waals surface area contributed by atoms with E-state index in [0.717, 1.165) is 6.54 Å². The van der Waals surface area contributed by atoms with Crippen molar-refractivity contribution in [2.75, 3.05) is 19.6 Å². The zero-order chi connectivity index (χ0) is 13.2. The number of nitrogens with two attached hydrogens (primary N) is 1. The summed E-state index contributed by atoms with van der Waals surface area (Å²) in [5, 5.41) is 0. The molecule has 2 nitrogen and oxygen atoms in total. The van der Waals surface area contributed by atoms with Crippen LogP contribution in [0.4, 0.5) is 0 Å². The average molecular weight is 266 g/mol. The van der Waals surface area contributed by atoms with E-state index >= 15 is 0 Å². The Morgan fingerprint density at radius 2 is 1.89 bits per heavy atom. The second-order valence-electron chi connectivity index (χ2n) is 6.30. The van der Waals surface area contributed by atoms with Gasteiger partial charge in [-0.25, -0.2) is 0 Å². The van der Waals surface area contributed by atoms with Crippen molar-refractivity contribution in [3.05, 3.63) is 21.9 Å². The molecule has 2 rings (SSSR count). The number of nitrogens with zero attached hydrogens (tertiary/aromatic N) is 1. The fourth-order valence-corrected chi connectivity index (χ4v) is 3.82. The standard InChI is InChI=1S/C15H26N2S/c1-15(2,3)14-8-7-13(18-14)12(11-16)17-9-5-4-6-10-17/h7-8,12H,4-6,9-11,16H2,1-3H3. The van der Waals surface area contributed by atoms with Crippen molar-refractivity contribution >= 4 is 11.3 Å². The lowest BCUT2D eigenvalue weighted by molar-refractivity contribution is 0.170. The molecule has 0 spiro atoms. The van der Waals surface area contributed by atoms with Gasteiger partial charge in [-0.05, 0) is 43.5 Å². The third-order valence-corrected chi connectivity index (χ3v) is 5.36. The molecule has 0 aliphatic carbocycles. The highest BCUT2D eigenvalue weighted by molar-refractivity contribution is 7.12. The first-order valence-corrected chi connectivity index (χ1v) is 7.88. The van der Waals surface area contributed by atoms with Crippen molar-refractivity contribution in [2.45, 2.75) is 51.5 Å². The number of rotatable bonds is 3. The first-order chi connectivity index (χ1) is 8.52. The summed E-state index contributed by atoms with van der Waals surface area (Å²) in [6.45, 7) is 10.0. The highest BCUT2D eigenvalue weighted by Crippen LogP contribution is 2.34. The third kappa shape index (κ3) is 3.14. The van der Waals surface area contributed by atoms with Crippen LogP contribution in [0.2, 0.25) is 0 Å². The van der Waals surface area contributed by atoms with Gasteiger partial charge in [0.05, 0.1) is 6.04 Å². The zero-order valence-electron chi connectivity index (χ0n) is 11.9. The van der Waals surface area contributed by atoms with E-state index in [0.29, 0.717) is 6.04 Å². The highest BCUT2D eigenvalue weighted by atomic mass is 32.1. The Morgan fingerprint density at radius 3 is 2.39 bits per heavy atom. The van der Waals surface area contributed by atoms with E-state index in [9.17, 15) is 0 Å². The average Bonchev–Trinajstić information content (AvgIpc) is 2.81. The number of piperidine rings is 1. The molecule has 1 unspecified atom stereocenters. The van der Waals surface area contributed by atoms with Gasteiger partial charge in [-0.15, -0.1) is 11.3 Å². The van der Waals surface area contributed by atoms with E-state index in [-0.39, 0.29) is 5.41 Å². The molecule has 0 aromatic carbocycles. The van der Waals surface area contributed by atoms with E-state index in [1.54, 1.807) is 0 Å². The summed E-state index contributed by atoms with van der Waals surface area (Å²) >= 11 is 1.94. The molecule has 0 saturated carbocycles. The molecule has 2 N–H and O–H groups in total. The molecule has 2 heterocycles. The SMILES string of the molecule is CC(C)(C)c1ccc(C(CN)N2CCCCC2)s1. The van der Waals surface area contributed by atoms with Gasteiger partial charge in [-0.3, -0.25) is 4.90 Å². The molecule has 3 heteroatoms. The van der Waals surface area contributed by atoms with Gasteiger partial charge in [0.15, 0.2) is 0 Å². The van der Waals surface area contributed by atoms with E-state index in [2.05, 4.69) is 37.8 Å². The van der Waals surface area contributed by atoms with Crippen LogP contribution in [0, 0.1) is 0 Å². The van der Waals surface area contributed by atoms with E-state index in [4.69, 9.17) is 5.73 Å². The van der Waals surface area contributed by atoms with E-state index in [1.165, 1.54) is 42.1 Å². The molecule has 1 atom stereocenters. The van der Waals surface area contributed by atoms with Gasteiger partial charge in [-0.2, -0.15) is 0 Å². The van der Waals surface area contributed by atoms with Crippen molar-refractivity contribution in [3.63, 3.8) is 0 Å². The fourth-order valence-electron chi connectivity index (χ4n) is 2.61. The molecule has 1 aromatic heterocycles. The summed E-state index contributed by atoms with van der Waals surface area (Å²) in [4.78, 5) is 5.49. The fraction of sp³-hybridized carbons (Fsp3) is 0.733. The quantitative estimate of drug-likeness (QED) is 0.907. The summed E-state index contributed by atoms with van der Waals surface area (Å²) in [5.41, 5.74) is 6.27. The molecule has 1 saturated heterocycles. The van der Waals surface area contributed by atoms with Crippen LogP contribution in [-0.4, -0.2) is 24.5 Å². The maximum atomic E-state index is 6.02. The molecule has 1 aliphatic rings. The maximum Gasteiger partial charge on any atom is 0.0564 e. The molecule has 1 fully saturated rings. The Kier molecular flexibility index (Phi) is 4.46. The maximum absolute atomic E-state index is 6.02. The zero-order valence-corrected chi connectivity index (χ0v) is 12.7. The minimum Gasteiger partial charge on any atom is -0.329 e. The number of hydrogen-bond donors (Lipinski definition) is 1. The van der Waals surface area contributed by atoms with Crippen LogP contribution in [0.15, 0.2) is 12.1 Å². The topological polar surface area (TPSA) is 29.3 Å². The van der Waals surface area contributed by atoms with Crippen molar-refractivity contribution in [1.82, 2.24) is 4.90 Å². The molecule has 1 aromatic rings. The van der Waals surface area contributed by atoms with Gasteiger partial charge in [0, 0.05) is 16.3 Å². The predicted molar refractivity (Wildman–Crippen MR) is 80.2 cm³/mol. The Morgan fingerprint density at radius 1 is 1.22 bits per heavy atom. The lowest BCUT2D eigenvalue weighted by Gasteiger charge is -2.33. The monoisotopic (exact) mass is 266 g/mol. The largest absolute Gasteiger partial charge is 0.329 e. The highest BCUT2D eigenvalue weighted by Gasteiger charge is 2.24. The Bertz CT molecular complexity index is 372. The van der Waals surface area contributed by atoms with Crippen LogP contribution >= 0.6 is 11.3 Å². The van der Waals surface area contributed by atoms with Crippen LogP contribution in [0.3, 0.4) is 0 Å². The minimum atomic E-state index is 0.254. The molecule has 1 aliphatic heterocycles. The molecule has 0 radical (unpaired) electrons. The van der Waals surface area contributed by atoms with Gasteiger partial charge in [0.25, 0.3) is 0 Å². The summed E-state index contributed by atoms with van der Waals surface area (Å²) in [6, 6.07) is 5.01. The lowest BCUT2D eigenvalue weighted by atomic mass is 9.95. The van der Waals surface area contributed by atoms with Crippen molar-refractivity contribution in [3.8, 4) is 0 Å². The van der Waals surface area contributed by atoms with Crippen molar-refractivity contribution < 1.29 is 0 Å². The minimum absolute atomic E-state index is 0.254. The number of hydrogen-bond acceptors (Lipinski definition) is 3. The van der Waals surface area contributed by atoms with Crippen molar-refractivity contribution in [1.29, 1.82) is 0 Å². The lowest BCUT2D eigenvalue weighted by Crippen LogP contribution is -2.37.